The third kappa shape index (κ3) is 7.65. The molecule has 40 heavy (non-hydrogen) atoms. The average molecular weight is 561 g/mol. The van der Waals surface area contributed by atoms with Crippen molar-refractivity contribution in [3.63, 3.8) is 0 Å². The Morgan fingerprint density at radius 3 is 1.80 bits per heavy atom. The van der Waals surface area contributed by atoms with Crippen molar-refractivity contribution in [1.82, 2.24) is 14.4 Å². The molecule has 0 atom stereocenters. The zero-order chi connectivity index (χ0) is 29.6. The number of nitrogens with one attached hydrogen (secondary N) is 3. The summed E-state index contributed by atoms with van der Waals surface area (Å²) < 4.78 is 33.6. The minimum Gasteiger partial charge on any atom is -0.475 e. The number of carboxylic acids is 1. The van der Waals surface area contributed by atoms with Crippen molar-refractivity contribution in [2.45, 2.75) is 19.0 Å². The van der Waals surface area contributed by atoms with Crippen LogP contribution in [0.3, 0.4) is 0 Å². The number of carbonyl (C=O) groups is 2. The van der Waals surface area contributed by atoms with Crippen LogP contribution < -0.4 is 16.8 Å². The Hall–Kier alpha value is -4.75. The van der Waals surface area contributed by atoms with E-state index < -0.39 is 12.1 Å². The number of halogens is 3. The molecule has 0 fully saturated rings. The molecule has 0 spiro atoms. The number of amides is 1. The topological polar surface area (TPSA) is 178 Å². The highest BCUT2D eigenvalue weighted by Gasteiger charge is 2.38. The van der Waals surface area contributed by atoms with Gasteiger partial charge in [0.15, 0.2) is 11.9 Å². The summed E-state index contributed by atoms with van der Waals surface area (Å²) in [5, 5.41) is 25.2. The zero-order valence-corrected chi connectivity index (χ0v) is 21.8. The third-order valence-corrected chi connectivity index (χ3v) is 6.46. The maximum Gasteiger partial charge on any atom is 0.490 e. The molecule has 2 aliphatic rings. The number of hydrogen-bond donors (Lipinski definition) is 6. The minimum absolute atomic E-state index is 0.0854. The largest absolute Gasteiger partial charge is 0.490 e. The van der Waals surface area contributed by atoms with Gasteiger partial charge in [0.25, 0.3) is 5.91 Å². The van der Waals surface area contributed by atoms with Crippen LogP contribution in [-0.4, -0.2) is 75.6 Å². The summed E-state index contributed by atoms with van der Waals surface area (Å²) >= 11 is 0. The molecule has 0 bridgehead atoms. The molecule has 0 aliphatic carbocycles. The van der Waals surface area contributed by atoms with E-state index in [2.05, 4.69) is 17.5 Å². The molecule has 2 aromatic rings. The highest BCUT2D eigenvalue weighted by Crippen LogP contribution is 2.26. The predicted octanol–water partition coefficient (Wildman–Crippen LogP) is 2.88. The first-order valence-electron chi connectivity index (χ1n) is 12.2. The van der Waals surface area contributed by atoms with Crippen molar-refractivity contribution in [2.75, 3.05) is 31.5 Å². The van der Waals surface area contributed by atoms with E-state index in [0.29, 0.717) is 25.3 Å². The molecule has 8 N–H and O–H groups in total. The highest BCUT2D eigenvalue weighted by atomic mass is 19.4. The second-order valence-corrected chi connectivity index (χ2v) is 9.18. The monoisotopic (exact) mass is 560 g/mol. The number of anilines is 1. The van der Waals surface area contributed by atoms with Crippen LogP contribution in [0, 0.1) is 10.8 Å². The lowest BCUT2D eigenvalue weighted by Gasteiger charge is -2.26. The fourth-order valence-corrected chi connectivity index (χ4v) is 4.23. The van der Waals surface area contributed by atoms with Gasteiger partial charge in [-0.05, 0) is 53.3 Å². The third-order valence-electron chi connectivity index (χ3n) is 6.46. The average Bonchev–Trinajstić information content (AvgIpc) is 3.30. The Bertz CT molecular complexity index is 1350. The Balaban J connectivity index is 0.000000559. The number of rotatable bonds is 4. The molecule has 1 aromatic heterocycles. The molecule has 2 aliphatic heterocycles. The second kappa shape index (κ2) is 12.4. The number of alkyl halides is 3. The second-order valence-electron chi connectivity index (χ2n) is 9.18. The van der Waals surface area contributed by atoms with Crippen molar-refractivity contribution in [1.29, 1.82) is 10.8 Å². The molecule has 0 saturated carbocycles. The molecule has 1 amide bonds. The predicted molar refractivity (Wildman–Crippen MR) is 146 cm³/mol. The van der Waals surface area contributed by atoms with Crippen molar-refractivity contribution < 1.29 is 27.9 Å². The van der Waals surface area contributed by atoms with Crippen LogP contribution in [0.4, 0.5) is 18.9 Å². The van der Waals surface area contributed by atoms with Gasteiger partial charge in [-0.3, -0.25) is 15.6 Å². The number of nitrogens with two attached hydrogens (primary N) is 2. The van der Waals surface area contributed by atoms with E-state index in [-0.39, 0.29) is 17.8 Å². The molecule has 4 rings (SSSR count). The molecule has 11 nitrogen and oxygen atoms in total. The first-order valence-corrected chi connectivity index (χ1v) is 12.2. The van der Waals surface area contributed by atoms with Crippen LogP contribution in [0.25, 0.3) is 11.1 Å². The summed E-state index contributed by atoms with van der Waals surface area (Å²) in [6.45, 7) is 2.69. The number of aromatic nitrogens is 1. The summed E-state index contributed by atoms with van der Waals surface area (Å²) in [6.07, 6.45) is 2.66. The number of aryl methyl sites for hydroxylation is 1. The number of carbonyl (C=O) groups excluding carboxylic acids is 1. The summed E-state index contributed by atoms with van der Waals surface area (Å²) in [6, 6.07) is 9.75. The number of benzene rings is 1. The van der Waals surface area contributed by atoms with E-state index in [1.165, 1.54) is 5.57 Å². The normalized spacial score (nSPS) is 15.3. The van der Waals surface area contributed by atoms with E-state index in [9.17, 15) is 18.0 Å². The molecular weight excluding hydrogens is 529 g/mol. The van der Waals surface area contributed by atoms with Crippen LogP contribution in [0.15, 0.2) is 48.7 Å². The minimum atomic E-state index is -5.08. The van der Waals surface area contributed by atoms with Gasteiger partial charge < -0.3 is 36.3 Å². The number of guanidine groups is 2. The summed E-state index contributed by atoms with van der Waals surface area (Å²) in [5.74, 6) is -2.73. The summed E-state index contributed by atoms with van der Waals surface area (Å²) in [4.78, 5) is 25.4. The van der Waals surface area contributed by atoms with E-state index >= 15 is 0 Å². The van der Waals surface area contributed by atoms with E-state index in [1.54, 1.807) is 0 Å². The van der Waals surface area contributed by atoms with Gasteiger partial charge in [-0.1, -0.05) is 24.3 Å². The first kappa shape index (κ1) is 29.8. The number of aliphatic carboxylic acids is 1. The van der Waals surface area contributed by atoms with E-state index in [4.69, 9.17) is 32.2 Å². The SMILES string of the molecule is Cn1cc(C2=CCN(C(=N)N)CC2)cc1C(=O)Nc1ccc(C2=CCN(C(=N)N)CC2)cc1.O=C(O)C(F)(F)F. The van der Waals surface area contributed by atoms with Gasteiger partial charge in [0.05, 0.1) is 0 Å². The van der Waals surface area contributed by atoms with Crippen LogP contribution >= 0.6 is 0 Å². The Labute approximate surface area is 228 Å². The van der Waals surface area contributed by atoms with Crippen molar-refractivity contribution in [3.8, 4) is 0 Å². The van der Waals surface area contributed by atoms with Crippen molar-refractivity contribution in [3.05, 3.63) is 65.5 Å². The van der Waals surface area contributed by atoms with Gasteiger partial charge in [0.2, 0.25) is 0 Å². The van der Waals surface area contributed by atoms with Crippen LogP contribution in [0.2, 0.25) is 0 Å². The molecule has 14 heteroatoms. The molecule has 0 saturated heterocycles. The van der Waals surface area contributed by atoms with Crippen LogP contribution in [0.5, 0.6) is 0 Å². The highest BCUT2D eigenvalue weighted by molar-refractivity contribution is 6.04. The van der Waals surface area contributed by atoms with Crippen molar-refractivity contribution in [2.24, 2.45) is 18.5 Å². The van der Waals surface area contributed by atoms with Crippen LogP contribution in [-0.2, 0) is 11.8 Å². The fraction of sp³-hybridized carbons (Fsp3) is 0.308. The van der Waals surface area contributed by atoms with Crippen molar-refractivity contribution >= 4 is 40.6 Å². The molecule has 214 valence electrons. The summed E-state index contributed by atoms with van der Waals surface area (Å²) in [5.41, 5.74) is 17.0. The van der Waals surface area contributed by atoms with E-state index in [0.717, 1.165) is 41.8 Å². The maximum atomic E-state index is 12.9. The fourth-order valence-electron chi connectivity index (χ4n) is 4.23. The Kier molecular flexibility index (Phi) is 9.24. The van der Waals surface area contributed by atoms with Gasteiger partial charge in [-0.15, -0.1) is 0 Å². The Morgan fingerprint density at radius 2 is 1.40 bits per heavy atom. The van der Waals surface area contributed by atoms with Gasteiger partial charge in [0.1, 0.15) is 5.69 Å². The van der Waals surface area contributed by atoms with E-state index in [1.807, 2.05) is 57.9 Å². The number of hydrogen-bond acceptors (Lipinski definition) is 4. The van der Waals surface area contributed by atoms with Gasteiger partial charge in [0, 0.05) is 45.1 Å². The quantitative estimate of drug-likeness (QED) is 0.246. The standard InChI is InChI=1S/C24H30N8O.C2HF3O2/c1-30-15-19(18-8-12-32(13-9-18)24(27)28)14-21(30)22(33)29-20-4-2-16(3-5-20)17-6-10-31(11-7-17)23(25)26;3-2(4,5)1(6)7/h2-6,8,14-15H,7,9-13H2,1H3,(H3,25,26)(H3,27,28)(H,29,33);(H,6,7). The first-order chi connectivity index (χ1) is 18.8. The number of nitrogens with zero attached hydrogens (tertiary/aromatic N) is 3. The molecule has 3 heterocycles. The maximum absolute atomic E-state index is 12.9. The van der Waals surface area contributed by atoms with Crippen LogP contribution in [0.1, 0.15) is 34.5 Å². The molecular formula is C26H31F3N8O3. The van der Waals surface area contributed by atoms with Gasteiger partial charge in [-0.2, -0.15) is 13.2 Å². The lowest BCUT2D eigenvalue weighted by atomic mass is 9.99. The molecule has 1 aromatic carbocycles. The smallest absolute Gasteiger partial charge is 0.475 e. The number of carboxylic acid groups (broad SMARTS) is 1. The molecule has 0 radical (unpaired) electrons. The lowest BCUT2D eigenvalue weighted by Crippen LogP contribution is -2.39. The summed E-state index contributed by atoms with van der Waals surface area (Å²) in [7, 11) is 1.87. The van der Waals surface area contributed by atoms with Gasteiger partial charge in [-0.25, -0.2) is 4.79 Å². The lowest BCUT2D eigenvalue weighted by molar-refractivity contribution is -0.192. The Morgan fingerprint density at radius 1 is 0.925 bits per heavy atom. The van der Waals surface area contributed by atoms with Gasteiger partial charge >= 0.3 is 12.1 Å². The molecule has 0 unspecified atom stereocenters. The zero-order valence-electron chi connectivity index (χ0n) is 21.8.